The summed E-state index contributed by atoms with van der Waals surface area (Å²) in [5.41, 5.74) is 0.331. The van der Waals surface area contributed by atoms with E-state index in [-0.39, 0.29) is 12.5 Å². The number of rotatable bonds is 6. The third-order valence-electron chi connectivity index (χ3n) is 2.61. The van der Waals surface area contributed by atoms with Crippen molar-refractivity contribution in [1.29, 1.82) is 0 Å². The summed E-state index contributed by atoms with van der Waals surface area (Å²) in [7, 11) is 1.50. The predicted octanol–water partition coefficient (Wildman–Crippen LogP) is 2.03. The van der Waals surface area contributed by atoms with E-state index in [1.54, 1.807) is 12.1 Å². The summed E-state index contributed by atoms with van der Waals surface area (Å²) in [4.78, 5) is 19.9. The Balaban J connectivity index is 1.89. The van der Waals surface area contributed by atoms with Crippen LogP contribution in [0.4, 0.5) is 0 Å². The molecule has 0 atom stereocenters. The third kappa shape index (κ3) is 4.27. The van der Waals surface area contributed by atoms with Gasteiger partial charge in [0.25, 0.3) is 5.89 Å². The number of aromatic nitrogens is 3. The summed E-state index contributed by atoms with van der Waals surface area (Å²) in [6, 6.07) is 3.16. The number of hydrogen-bond acceptors (Lipinski definition) is 7. The van der Waals surface area contributed by atoms with Crippen molar-refractivity contribution in [2.24, 2.45) is 5.92 Å². The van der Waals surface area contributed by atoms with Crippen molar-refractivity contribution < 1.29 is 18.8 Å². The average Bonchev–Trinajstić information content (AvgIpc) is 2.91. The maximum Gasteiger partial charge on any atom is 0.340 e. The molecule has 7 nitrogen and oxygen atoms in total. The Kier molecular flexibility index (Phi) is 4.86. The van der Waals surface area contributed by atoms with Gasteiger partial charge in [0.15, 0.2) is 12.4 Å². The van der Waals surface area contributed by atoms with E-state index in [1.165, 1.54) is 13.3 Å². The van der Waals surface area contributed by atoms with Crippen molar-refractivity contribution in [3.8, 4) is 5.88 Å². The maximum atomic E-state index is 11.8. The molecule has 2 rings (SSSR count). The molecule has 0 saturated heterocycles. The summed E-state index contributed by atoms with van der Waals surface area (Å²) >= 11 is 0. The second-order valence-electron chi connectivity index (χ2n) is 4.87. The van der Waals surface area contributed by atoms with Crippen LogP contribution < -0.4 is 4.74 Å². The molecule has 2 aromatic heterocycles. The highest BCUT2D eigenvalue weighted by molar-refractivity contribution is 5.88. The van der Waals surface area contributed by atoms with Crippen molar-refractivity contribution in [2.45, 2.75) is 26.9 Å². The lowest BCUT2D eigenvalue weighted by Gasteiger charge is -2.02. The van der Waals surface area contributed by atoms with Gasteiger partial charge in [-0.1, -0.05) is 19.0 Å². The molecule has 0 unspecified atom stereocenters. The molecule has 0 bridgehead atoms. The summed E-state index contributed by atoms with van der Waals surface area (Å²) in [6.07, 6.45) is 2.11. The van der Waals surface area contributed by atoms with Gasteiger partial charge in [0.2, 0.25) is 5.88 Å². The molecule has 0 aromatic carbocycles. The maximum absolute atomic E-state index is 11.8. The lowest BCUT2D eigenvalue weighted by atomic mass is 10.1. The molecule has 2 heterocycles. The van der Waals surface area contributed by atoms with E-state index in [2.05, 4.69) is 29.0 Å². The van der Waals surface area contributed by atoms with Gasteiger partial charge in [0.1, 0.15) is 0 Å². The molecular formula is C14H17N3O4. The molecule has 0 aliphatic heterocycles. The van der Waals surface area contributed by atoms with E-state index in [0.717, 1.165) is 6.42 Å². The van der Waals surface area contributed by atoms with Gasteiger partial charge < -0.3 is 14.0 Å². The molecule has 0 aliphatic carbocycles. The number of hydrogen-bond donors (Lipinski definition) is 0. The van der Waals surface area contributed by atoms with E-state index in [4.69, 9.17) is 14.0 Å². The first-order chi connectivity index (χ1) is 10.1. The summed E-state index contributed by atoms with van der Waals surface area (Å²) in [5.74, 6) is 1.25. The normalized spacial score (nSPS) is 10.7. The summed E-state index contributed by atoms with van der Waals surface area (Å²) in [6.45, 7) is 4.06. The highest BCUT2D eigenvalue weighted by Crippen LogP contribution is 2.10. The molecule has 0 aliphatic rings. The van der Waals surface area contributed by atoms with Gasteiger partial charge in [-0.05, 0) is 12.0 Å². The summed E-state index contributed by atoms with van der Waals surface area (Å²) in [5, 5.41) is 3.82. The number of esters is 1. The van der Waals surface area contributed by atoms with E-state index in [9.17, 15) is 4.79 Å². The molecule has 112 valence electrons. The fourth-order valence-corrected chi connectivity index (χ4v) is 1.63. The van der Waals surface area contributed by atoms with Gasteiger partial charge in [-0.25, -0.2) is 9.78 Å². The van der Waals surface area contributed by atoms with Crippen LogP contribution in [-0.4, -0.2) is 28.2 Å². The minimum absolute atomic E-state index is 0.0596. The van der Waals surface area contributed by atoms with E-state index >= 15 is 0 Å². The van der Waals surface area contributed by atoms with Gasteiger partial charge in [-0.15, -0.1) is 0 Å². The highest BCUT2D eigenvalue weighted by atomic mass is 16.6. The van der Waals surface area contributed by atoms with Crippen LogP contribution >= 0.6 is 0 Å². The summed E-state index contributed by atoms with van der Waals surface area (Å²) < 4.78 is 15.0. The fourth-order valence-electron chi connectivity index (χ4n) is 1.63. The fraction of sp³-hybridized carbons (Fsp3) is 0.429. The van der Waals surface area contributed by atoms with Crippen LogP contribution in [0.2, 0.25) is 0 Å². The first kappa shape index (κ1) is 15.0. The first-order valence-electron chi connectivity index (χ1n) is 6.57. The first-order valence-corrected chi connectivity index (χ1v) is 6.57. The third-order valence-corrected chi connectivity index (χ3v) is 2.61. The van der Waals surface area contributed by atoms with Crippen molar-refractivity contribution in [2.75, 3.05) is 7.11 Å². The van der Waals surface area contributed by atoms with Crippen molar-refractivity contribution in [3.05, 3.63) is 35.6 Å². The van der Waals surface area contributed by atoms with Crippen LogP contribution in [0.5, 0.6) is 5.88 Å². The zero-order chi connectivity index (χ0) is 15.2. The molecule has 0 saturated carbocycles. The van der Waals surface area contributed by atoms with Crippen molar-refractivity contribution >= 4 is 5.97 Å². The van der Waals surface area contributed by atoms with Gasteiger partial charge in [-0.3, -0.25) is 0 Å². The van der Waals surface area contributed by atoms with E-state index < -0.39 is 5.97 Å². The Bertz CT molecular complexity index is 593. The number of carbonyl (C=O) groups excluding carboxylic acids is 1. The minimum Gasteiger partial charge on any atom is -0.481 e. The Morgan fingerprint density at radius 1 is 1.38 bits per heavy atom. The smallest absolute Gasteiger partial charge is 0.340 e. The monoisotopic (exact) mass is 291 g/mol. The predicted molar refractivity (Wildman–Crippen MR) is 72.7 cm³/mol. The molecular weight excluding hydrogens is 274 g/mol. The topological polar surface area (TPSA) is 87.3 Å². The molecule has 0 radical (unpaired) electrons. The van der Waals surface area contributed by atoms with Gasteiger partial charge in [0, 0.05) is 18.7 Å². The molecule has 0 fully saturated rings. The van der Waals surface area contributed by atoms with E-state index in [1.807, 2.05) is 0 Å². The van der Waals surface area contributed by atoms with Crippen LogP contribution in [0.15, 0.2) is 22.9 Å². The zero-order valence-electron chi connectivity index (χ0n) is 12.2. The minimum atomic E-state index is -0.506. The highest BCUT2D eigenvalue weighted by Gasteiger charge is 2.12. The largest absolute Gasteiger partial charge is 0.481 e. The lowest BCUT2D eigenvalue weighted by Crippen LogP contribution is -2.06. The van der Waals surface area contributed by atoms with Gasteiger partial charge in [0.05, 0.1) is 12.7 Å². The van der Waals surface area contributed by atoms with Crippen LogP contribution in [0.25, 0.3) is 0 Å². The number of methoxy groups -OCH3 is 1. The quantitative estimate of drug-likeness (QED) is 0.752. The molecule has 0 amide bonds. The second kappa shape index (κ2) is 6.83. The molecule has 7 heteroatoms. The molecule has 0 N–H and O–H groups in total. The van der Waals surface area contributed by atoms with Crippen LogP contribution in [0, 0.1) is 5.92 Å². The number of carbonyl (C=O) groups is 1. The second-order valence-corrected chi connectivity index (χ2v) is 4.87. The molecule has 0 spiro atoms. The van der Waals surface area contributed by atoms with Gasteiger partial charge >= 0.3 is 5.97 Å². The Hall–Kier alpha value is -2.44. The lowest BCUT2D eigenvalue weighted by molar-refractivity contribution is 0.0429. The van der Waals surface area contributed by atoms with Crippen molar-refractivity contribution in [1.82, 2.24) is 15.1 Å². The number of pyridine rings is 1. The Labute approximate surface area is 122 Å². The van der Waals surface area contributed by atoms with E-state index in [0.29, 0.717) is 23.2 Å². The average molecular weight is 291 g/mol. The Morgan fingerprint density at radius 3 is 2.81 bits per heavy atom. The number of ether oxygens (including phenoxy) is 2. The SMILES string of the molecule is COc1ccc(C(=O)OCc2nc(CC(C)C)no2)cn1. The van der Waals surface area contributed by atoms with Crippen LogP contribution in [0.3, 0.4) is 0 Å². The zero-order valence-corrected chi connectivity index (χ0v) is 12.2. The standard InChI is InChI=1S/C14H17N3O4/c1-9(2)6-11-16-13(21-17-11)8-20-14(18)10-4-5-12(19-3)15-7-10/h4-5,7,9H,6,8H2,1-3H3. The van der Waals surface area contributed by atoms with Gasteiger partial charge in [-0.2, -0.15) is 4.98 Å². The van der Waals surface area contributed by atoms with Crippen LogP contribution in [0.1, 0.15) is 35.9 Å². The molecule has 2 aromatic rings. The Morgan fingerprint density at radius 2 is 2.19 bits per heavy atom. The number of nitrogens with zero attached hydrogens (tertiary/aromatic N) is 3. The molecule has 21 heavy (non-hydrogen) atoms. The van der Waals surface area contributed by atoms with Crippen molar-refractivity contribution in [3.63, 3.8) is 0 Å². The van der Waals surface area contributed by atoms with Crippen LogP contribution in [-0.2, 0) is 17.8 Å².